The quantitative estimate of drug-likeness (QED) is 0.816. The lowest BCUT2D eigenvalue weighted by molar-refractivity contribution is 0.335. The molecule has 2 N–H and O–H groups in total. The van der Waals surface area contributed by atoms with Crippen molar-refractivity contribution in [2.75, 3.05) is 5.73 Å². The summed E-state index contributed by atoms with van der Waals surface area (Å²) in [7, 11) is 0. The average Bonchev–Trinajstić information content (AvgIpc) is 2.39. The van der Waals surface area contributed by atoms with Gasteiger partial charge in [0.15, 0.2) is 0 Å². The van der Waals surface area contributed by atoms with Crippen molar-refractivity contribution in [1.29, 1.82) is 0 Å². The number of allylic oxidation sites excluding steroid dienone is 2. The second-order valence-corrected chi connectivity index (χ2v) is 6.23. The van der Waals surface area contributed by atoms with E-state index >= 15 is 0 Å². The molecule has 0 fully saturated rings. The van der Waals surface area contributed by atoms with Crippen molar-refractivity contribution >= 4 is 22.2 Å². The van der Waals surface area contributed by atoms with Gasteiger partial charge in [0, 0.05) is 11.6 Å². The Morgan fingerprint density at radius 2 is 2.05 bits per heavy atom. The molecule has 0 saturated carbocycles. The maximum absolute atomic E-state index is 5.97. The number of anilines is 1. The van der Waals surface area contributed by atoms with Gasteiger partial charge in [-0.15, -0.1) is 0 Å². The minimum atomic E-state index is 0.445. The van der Waals surface area contributed by atoms with Gasteiger partial charge in [-0.2, -0.15) is 0 Å². The lowest BCUT2D eigenvalue weighted by Crippen LogP contribution is -2.14. The Bertz CT molecular complexity index is 653. The molecule has 3 rings (SSSR count). The molecule has 1 aliphatic rings. The van der Waals surface area contributed by atoms with E-state index in [0.717, 1.165) is 23.6 Å². The van der Waals surface area contributed by atoms with Crippen LogP contribution in [0.3, 0.4) is 0 Å². The minimum Gasteiger partial charge on any atom is -0.383 e. The Morgan fingerprint density at radius 3 is 2.79 bits per heavy atom. The van der Waals surface area contributed by atoms with Crippen LogP contribution in [0.5, 0.6) is 0 Å². The molecule has 0 saturated heterocycles. The minimum absolute atomic E-state index is 0.445. The Kier molecular flexibility index (Phi) is 2.81. The van der Waals surface area contributed by atoms with Crippen LogP contribution in [0.4, 0.5) is 5.82 Å². The molecule has 1 aromatic heterocycles. The van der Waals surface area contributed by atoms with Crippen LogP contribution in [0.25, 0.3) is 16.3 Å². The van der Waals surface area contributed by atoms with E-state index in [1.165, 1.54) is 17.6 Å². The van der Waals surface area contributed by atoms with Gasteiger partial charge in [-0.25, -0.2) is 4.98 Å². The fourth-order valence-corrected chi connectivity index (χ4v) is 2.73. The predicted octanol–water partition coefficient (Wildman–Crippen LogP) is 4.41. The molecule has 0 radical (unpaired) electrons. The van der Waals surface area contributed by atoms with Crippen LogP contribution in [-0.2, 0) is 0 Å². The van der Waals surface area contributed by atoms with Crippen LogP contribution in [-0.4, -0.2) is 4.98 Å². The smallest absolute Gasteiger partial charge is 0.131 e. The lowest BCUT2D eigenvalue weighted by atomic mass is 9.77. The van der Waals surface area contributed by atoms with Crippen LogP contribution >= 0.6 is 0 Å². The topological polar surface area (TPSA) is 38.9 Å². The fourth-order valence-electron chi connectivity index (χ4n) is 2.73. The highest BCUT2D eigenvalue weighted by Crippen LogP contribution is 2.38. The van der Waals surface area contributed by atoms with E-state index in [4.69, 9.17) is 5.73 Å². The maximum Gasteiger partial charge on any atom is 0.131 e. The summed E-state index contributed by atoms with van der Waals surface area (Å²) in [5, 5.41) is 2.22. The van der Waals surface area contributed by atoms with Crippen LogP contribution in [0.2, 0.25) is 0 Å². The highest BCUT2D eigenvalue weighted by atomic mass is 14.8. The van der Waals surface area contributed by atoms with Crippen LogP contribution in [0, 0.1) is 5.41 Å². The van der Waals surface area contributed by atoms with E-state index in [1.54, 1.807) is 6.20 Å². The standard InChI is InChI=1S/C17H20N2/c1-17(2)8-5-12(6-9-17)14-4-3-13-7-10-19-16(18)15(13)11-14/h3-5,7,10-11H,6,8-9H2,1-2H3,(H2,18,19). The molecule has 1 heterocycles. The predicted molar refractivity (Wildman–Crippen MR) is 81.8 cm³/mol. The lowest BCUT2D eigenvalue weighted by Gasteiger charge is -2.28. The van der Waals surface area contributed by atoms with Crippen molar-refractivity contribution < 1.29 is 0 Å². The Labute approximate surface area is 114 Å². The van der Waals surface area contributed by atoms with Gasteiger partial charge in [-0.05, 0) is 53.3 Å². The molecule has 2 aromatic rings. The number of aromatic nitrogens is 1. The van der Waals surface area contributed by atoms with E-state index in [0.29, 0.717) is 11.2 Å². The molecule has 0 amide bonds. The summed E-state index contributed by atoms with van der Waals surface area (Å²) in [4.78, 5) is 4.17. The Morgan fingerprint density at radius 1 is 1.21 bits per heavy atom. The van der Waals surface area contributed by atoms with E-state index in [1.807, 2.05) is 6.07 Å². The number of nitrogens with zero attached hydrogens (tertiary/aromatic N) is 1. The van der Waals surface area contributed by atoms with Gasteiger partial charge in [0.2, 0.25) is 0 Å². The Balaban J connectivity index is 2.03. The van der Waals surface area contributed by atoms with Crippen molar-refractivity contribution in [3.63, 3.8) is 0 Å². The highest BCUT2D eigenvalue weighted by Gasteiger charge is 2.21. The number of nitrogen functional groups attached to an aromatic ring is 1. The van der Waals surface area contributed by atoms with E-state index in [9.17, 15) is 0 Å². The summed E-state index contributed by atoms with van der Waals surface area (Å²) in [5.41, 5.74) is 9.16. The third kappa shape index (κ3) is 2.35. The van der Waals surface area contributed by atoms with E-state index in [2.05, 4.69) is 43.1 Å². The van der Waals surface area contributed by atoms with Crippen LogP contribution in [0.1, 0.15) is 38.7 Å². The molecule has 1 aromatic carbocycles. The molecule has 0 atom stereocenters. The first-order valence-corrected chi connectivity index (χ1v) is 6.89. The number of hydrogen-bond acceptors (Lipinski definition) is 2. The largest absolute Gasteiger partial charge is 0.383 e. The van der Waals surface area contributed by atoms with Crippen molar-refractivity contribution in [1.82, 2.24) is 4.98 Å². The summed E-state index contributed by atoms with van der Waals surface area (Å²) in [6.07, 6.45) is 7.71. The number of fused-ring (bicyclic) bond motifs is 1. The molecule has 1 aliphatic carbocycles. The number of hydrogen-bond donors (Lipinski definition) is 1. The second-order valence-electron chi connectivity index (χ2n) is 6.23. The molecular formula is C17H20N2. The normalized spacial score (nSPS) is 18.3. The number of benzene rings is 1. The summed E-state index contributed by atoms with van der Waals surface area (Å²) in [6, 6.07) is 8.53. The Hall–Kier alpha value is -1.83. The van der Waals surface area contributed by atoms with Crippen molar-refractivity contribution in [3.8, 4) is 0 Å². The average molecular weight is 252 g/mol. The molecule has 0 bridgehead atoms. The van der Waals surface area contributed by atoms with Gasteiger partial charge in [-0.1, -0.05) is 32.1 Å². The van der Waals surface area contributed by atoms with Crippen molar-refractivity contribution in [2.45, 2.75) is 33.1 Å². The van der Waals surface area contributed by atoms with E-state index < -0.39 is 0 Å². The summed E-state index contributed by atoms with van der Waals surface area (Å²) < 4.78 is 0. The molecule has 0 unspecified atom stereocenters. The van der Waals surface area contributed by atoms with E-state index in [-0.39, 0.29) is 0 Å². The molecule has 98 valence electrons. The molecule has 0 aliphatic heterocycles. The summed E-state index contributed by atoms with van der Waals surface area (Å²) >= 11 is 0. The number of pyridine rings is 1. The number of nitrogens with two attached hydrogens (primary N) is 1. The molecule has 2 nitrogen and oxygen atoms in total. The SMILES string of the molecule is CC1(C)CC=C(c2ccc3ccnc(N)c3c2)CC1. The zero-order chi connectivity index (χ0) is 13.5. The third-order valence-electron chi connectivity index (χ3n) is 4.14. The summed E-state index contributed by atoms with van der Waals surface area (Å²) in [6.45, 7) is 4.67. The van der Waals surface area contributed by atoms with Crippen molar-refractivity contribution in [3.05, 3.63) is 42.1 Å². The zero-order valence-corrected chi connectivity index (χ0v) is 11.6. The fraction of sp³-hybridized carbons (Fsp3) is 0.353. The van der Waals surface area contributed by atoms with Gasteiger partial charge in [0.05, 0.1) is 0 Å². The van der Waals surface area contributed by atoms with Crippen molar-refractivity contribution in [2.24, 2.45) is 5.41 Å². The van der Waals surface area contributed by atoms with Gasteiger partial charge in [-0.3, -0.25) is 0 Å². The van der Waals surface area contributed by atoms with Gasteiger partial charge in [0.1, 0.15) is 5.82 Å². The van der Waals surface area contributed by atoms with Gasteiger partial charge >= 0.3 is 0 Å². The second kappa shape index (κ2) is 4.37. The monoisotopic (exact) mass is 252 g/mol. The van der Waals surface area contributed by atoms with Gasteiger partial charge in [0.25, 0.3) is 0 Å². The molecule has 19 heavy (non-hydrogen) atoms. The molecule has 0 spiro atoms. The zero-order valence-electron chi connectivity index (χ0n) is 11.6. The first kappa shape index (κ1) is 12.2. The van der Waals surface area contributed by atoms with Gasteiger partial charge < -0.3 is 5.73 Å². The maximum atomic E-state index is 5.97. The highest BCUT2D eigenvalue weighted by molar-refractivity contribution is 5.93. The first-order valence-electron chi connectivity index (χ1n) is 6.89. The molecular weight excluding hydrogens is 232 g/mol. The third-order valence-corrected chi connectivity index (χ3v) is 4.14. The number of rotatable bonds is 1. The first-order chi connectivity index (χ1) is 9.05. The van der Waals surface area contributed by atoms with Crippen LogP contribution in [0.15, 0.2) is 36.5 Å². The summed E-state index contributed by atoms with van der Waals surface area (Å²) in [5.74, 6) is 0.621. The molecule has 2 heteroatoms. The van der Waals surface area contributed by atoms with Crippen LogP contribution < -0.4 is 5.73 Å².